The zero-order valence-electron chi connectivity index (χ0n) is 20.3. The smallest absolute Gasteiger partial charge is 0.227 e. The van der Waals surface area contributed by atoms with Gasteiger partial charge in [-0.2, -0.15) is 4.98 Å². The van der Waals surface area contributed by atoms with Crippen molar-refractivity contribution < 1.29 is 4.39 Å². The SMILES string of the molecule is CN1CC[C@H](N(C)c2nccc(Nc3cc4nc(-c5ccnc(N6CC[C@@H](F)C6)c5)sc4cn3)n2)C1. The van der Waals surface area contributed by atoms with Gasteiger partial charge in [-0.05, 0) is 44.6 Å². The number of likely N-dealkylation sites (tertiary alicyclic amines) is 1. The van der Waals surface area contributed by atoms with Crippen LogP contribution in [-0.2, 0) is 0 Å². The molecule has 2 aliphatic heterocycles. The van der Waals surface area contributed by atoms with Crippen LogP contribution in [-0.4, -0.2) is 82.3 Å². The summed E-state index contributed by atoms with van der Waals surface area (Å²) in [5, 5.41) is 4.19. The molecule has 11 heteroatoms. The topological polar surface area (TPSA) is 86.2 Å². The summed E-state index contributed by atoms with van der Waals surface area (Å²) in [4.78, 5) is 29.5. The molecule has 0 amide bonds. The summed E-state index contributed by atoms with van der Waals surface area (Å²) in [6, 6.07) is 8.12. The van der Waals surface area contributed by atoms with E-state index in [1.807, 2.05) is 42.4 Å². The minimum absolute atomic E-state index is 0.396. The van der Waals surface area contributed by atoms with Crippen molar-refractivity contribution in [3.05, 3.63) is 42.9 Å². The van der Waals surface area contributed by atoms with Crippen molar-refractivity contribution in [1.29, 1.82) is 0 Å². The Morgan fingerprint density at radius 3 is 2.72 bits per heavy atom. The number of thiazole rings is 1. The van der Waals surface area contributed by atoms with Crippen molar-refractivity contribution in [2.45, 2.75) is 25.1 Å². The van der Waals surface area contributed by atoms with E-state index in [1.165, 1.54) is 0 Å². The largest absolute Gasteiger partial charge is 0.354 e. The number of nitrogens with one attached hydrogen (secondary N) is 1. The predicted octanol–water partition coefficient (Wildman–Crippen LogP) is 3.98. The molecule has 186 valence electrons. The Morgan fingerprint density at radius 2 is 1.92 bits per heavy atom. The maximum absolute atomic E-state index is 13.7. The number of aromatic nitrogens is 5. The zero-order chi connectivity index (χ0) is 24.6. The first-order valence-electron chi connectivity index (χ1n) is 12.2. The summed E-state index contributed by atoms with van der Waals surface area (Å²) < 4.78 is 14.7. The number of rotatable bonds is 6. The molecular formula is C25H28FN9S. The molecule has 4 aromatic heterocycles. The molecule has 0 aromatic carbocycles. The van der Waals surface area contributed by atoms with Gasteiger partial charge in [-0.3, -0.25) is 0 Å². The minimum Gasteiger partial charge on any atom is -0.354 e. The third kappa shape index (κ3) is 4.68. The molecule has 0 aliphatic carbocycles. The van der Waals surface area contributed by atoms with Crippen LogP contribution in [0.1, 0.15) is 12.8 Å². The Hall–Kier alpha value is -3.44. The molecule has 2 fully saturated rings. The highest BCUT2D eigenvalue weighted by Crippen LogP contribution is 2.33. The number of nitrogens with zero attached hydrogens (tertiary/aromatic N) is 8. The summed E-state index contributed by atoms with van der Waals surface area (Å²) in [6.07, 6.45) is 6.23. The molecule has 9 nitrogen and oxygen atoms in total. The van der Waals surface area contributed by atoms with Crippen LogP contribution in [0.2, 0.25) is 0 Å². The van der Waals surface area contributed by atoms with Crippen molar-refractivity contribution in [1.82, 2.24) is 29.8 Å². The van der Waals surface area contributed by atoms with E-state index in [4.69, 9.17) is 9.97 Å². The fourth-order valence-electron chi connectivity index (χ4n) is 4.79. The molecule has 0 unspecified atom stereocenters. The second-order valence-electron chi connectivity index (χ2n) is 9.47. The maximum atomic E-state index is 13.7. The Morgan fingerprint density at radius 1 is 1.03 bits per heavy atom. The summed E-state index contributed by atoms with van der Waals surface area (Å²) in [6.45, 7) is 3.18. The number of hydrogen-bond acceptors (Lipinski definition) is 10. The zero-order valence-corrected chi connectivity index (χ0v) is 21.1. The number of hydrogen-bond donors (Lipinski definition) is 1. The molecule has 1 N–H and O–H groups in total. The molecule has 6 heterocycles. The first-order chi connectivity index (χ1) is 17.5. The lowest BCUT2D eigenvalue weighted by Crippen LogP contribution is -2.34. The predicted molar refractivity (Wildman–Crippen MR) is 142 cm³/mol. The highest BCUT2D eigenvalue weighted by Gasteiger charge is 2.25. The van der Waals surface area contributed by atoms with Crippen molar-refractivity contribution in [2.75, 3.05) is 55.4 Å². The number of halogens is 1. The van der Waals surface area contributed by atoms with E-state index in [9.17, 15) is 4.39 Å². The lowest BCUT2D eigenvalue weighted by Gasteiger charge is -2.24. The Balaban J connectivity index is 1.20. The third-order valence-electron chi connectivity index (χ3n) is 6.85. The molecule has 0 saturated carbocycles. The van der Waals surface area contributed by atoms with Crippen LogP contribution in [0.3, 0.4) is 0 Å². The first kappa shape index (κ1) is 23.0. The molecule has 0 radical (unpaired) electrons. The van der Waals surface area contributed by atoms with E-state index in [0.717, 1.165) is 46.1 Å². The van der Waals surface area contributed by atoms with Gasteiger partial charge >= 0.3 is 0 Å². The second kappa shape index (κ2) is 9.55. The van der Waals surface area contributed by atoms with Crippen LogP contribution < -0.4 is 15.1 Å². The molecular weight excluding hydrogens is 477 g/mol. The molecule has 4 aromatic rings. The summed E-state index contributed by atoms with van der Waals surface area (Å²) >= 11 is 1.58. The molecule has 2 atom stereocenters. The van der Waals surface area contributed by atoms with Crippen LogP contribution in [0.25, 0.3) is 20.8 Å². The maximum Gasteiger partial charge on any atom is 0.227 e. The molecule has 0 spiro atoms. The van der Waals surface area contributed by atoms with Crippen molar-refractivity contribution in [3.8, 4) is 10.6 Å². The number of alkyl halides is 1. The average Bonchev–Trinajstić information content (AvgIpc) is 3.63. The van der Waals surface area contributed by atoms with Gasteiger partial charge in [0.05, 0.1) is 16.8 Å². The summed E-state index contributed by atoms with van der Waals surface area (Å²) in [5.74, 6) is 2.86. The molecule has 2 saturated heterocycles. The lowest BCUT2D eigenvalue weighted by atomic mass is 10.2. The number of fused-ring (bicyclic) bond motifs is 1. The molecule has 0 bridgehead atoms. The van der Waals surface area contributed by atoms with Crippen molar-refractivity contribution in [3.63, 3.8) is 0 Å². The van der Waals surface area contributed by atoms with Gasteiger partial charge in [0, 0.05) is 56.4 Å². The average molecular weight is 506 g/mol. The van der Waals surface area contributed by atoms with Crippen LogP contribution in [0, 0.1) is 0 Å². The molecule has 6 rings (SSSR count). The van der Waals surface area contributed by atoms with Gasteiger partial charge in [-0.15, -0.1) is 11.3 Å². The Labute approximate surface area is 213 Å². The van der Waals surface area contributed by atoms with Gasteiger partial charge in [0.15, 0.2) is 0 Å². The highest BCUT2D eigenvalue weighted by atomic mass is 32.1. The van der Waals surface area contributed by atoms with Gasteiger partial charge in [-0.25, -0.2) is 24.3 Å². The highest BCUT2D eigenvalue weighted by molar-refractivity contribution is 7.21. The lowest BCUT2D eigenvalue weighted by molar-refractivity contribution is 0.364. The van der Waals surface area contributed by atoms with Gasteiger partial charge in [0.1, 0.15) is 28.6 Å². The number of pyridine rings is 2. The number of anilines is 4. The van der Waals surface area contributed by atoms with Crippen LogP contribution in [0.15, 0.2) is 42.9 Å². The van der Waals surface area contributed by atoms with E-state index < -0.39 is 6.17 Å². The van der Waals surface area contributed by atoms with E-state index in [0.29, 0.717) is 43.1 Å². The normalized spacial score (nSPS) is 20.4. The van der Waals surface area contributed by atoms with E-state index in [2.05, 4.69) is 37.1 Å². The van der Waals surface area contributed by atoms with E-state index in [-0.39, 0.29) is 0 Å². The third-order valence-corrected chi connectivity index (χ3v) is 7.91. The van der Waals surface area contributed by atoms with Gasteiger partial charge in [0.2, 0.25) is 5.95 Å². The second-order valence-corrected chi connectivity index (χ2v) is 10.5. The number of likely N-dealkylation sites (N-methyl/N-ethyl adjacent to an activating group) is 2. The standard InChI is InChI=1S/C25H28FN9S/c1-33-9-6-18(15-33)34(2)25-28-8-4-21(32-25)31-22-12-19-20(13-29-22)36-24(30-19)16-3-7-27-23(11-16)35-10-5-17(26)14-35/h3-4,7-8,11-13,17-18H,5-6,9-10,14-15H2,1-2H3,(H,28,29,31,32)/t17-,18+/m1/s1. The van der Waals surface area contributed by atoms with Crippen LogP contribution in [0.4, 0.5) is 27.8 Å². The Kier molecular flexibility index (Phi) is 6.10. The quantitative estimate of drug-likeness (QED) is 0.418. The monoisotopic (exact) mass is 505 g/mol. The first-order valence-corrected chi connectivity index (χ1v) is 13.0. The summed E-state index contributed by atoms with van der Waals surface area (Å²) in [5.41, 5.74) is 1.83. The van der Waals surface area contributed by atoms with Gasteiger partial charge in [0.25, 0.3) is 0 Å². The molecule has 36 heavy (non-hydrogen) atoms. The van der Waals surface area contributed by atoms with E-state index in [1.54, 1.807) is 23.7 Å². The fraction of sp³-hybridized carbons (Fsp3) is 0.400. The minimum atomic E-state index is -0.786. The van der Waals surface area contributed by atoms with Crippen LogP contribution in [0.5, 0.6) is 0 Å². The fourth-order valence-corrected chi connectivity index (χ4v) is 5.70. The van der Waals surface area contributed by atoms with Gasteiger partial charge < -0.3 is 20.0 Å². The Bertz CT molecular complexity index is 1380. The molecule has 2 aliphatic rings. The van der Waals surface area contributed by atoms with Crippen molar-refractivity contribution >= 4 is 45.0 Å². The summed E-state index contributed by atoms with van der Waals surface area (Å²) in [7, 11) is 4.19. The van der Waals surface area contributed by atoms with Crippen LogP contribution >= 0.6 is 11.3 Å². The van der Waals surface area contributed by atoms with E-state index >= 15 is 0 Å². The van der Waals surface area contributed by atoms with Crippen molar-refractivity contribution in [2.24, 2.45) is 0 Å². The van der Waals surface area contributed by atoms with Gasteiger partial charge in [-0.1, -0.05) is 0 Å².